The minimum Gasteiger partial charge on any atom is -0.377 e. The van der Waals surface area contributed by atoms with Gasteiger partial charge in [-0.25, -0.2) is 0 Å². The van der Waals surface area contributed by atoms with Crippen LogP contribution in [0.5, 0.6) is 0 Å². The van der Waals surface area contributed by atoms with E-state index < -0.39 is 0 Å². The Kier molecular flexibility index (Phi) is 4.34. The van der Waals surface area contributed by atoms with Crippen molar-refractivity contribution in [1.82, 2.24) is 5.16 Å². The average molecular weight is 325 g/mol. The molecule has 0 aliphatic rings. The van der Waals surface area contributed by atoms with Gasteiger partial charge in [-0.1, -0.05) is 17.3 Å². The summed E-state index contributed by atoms with van der Waals surface area (Å²) in [4.78, 5) is 12.0. The zero-order valence-corrected chi connectivity index (χ0v) is 12.2. The smallest absolute Gasteiger partial charge is 0.277 e. The predicted octanol–water partition coefficient (Wildman–Crippen LogP) is 3.14. The lowest BCUT2D eigenvalue weighted by atomic mass is 10.2. The maximum Gasteiger partial charge on any atom is 0.277 e. The maximum absolute atomic E-state index is 12.0. The highest BCUT2D eigenvalue weighted by molar-refractivity contribution is 9.10. The molecule has 1 amide bonds. The van der Waals surface area contributed by atoms with Crippen LogP contribution in [0.3, 0.4) is 0 Å². The van der Waals surface area contributed by atoms with Crippen LogP contribution in [0.25, 0.3) is 0 Å². The summed E-state index contributed by atoms with van der Waals surface area (Å²) in [6.45, 7) is 2.24. The van der Waals surface area contributed by atoms with Crippen molar-refractivity contribution < 1.29 is 14.1 Å². The average Bonchev–Trinajstić information content (AvgIpc) is 2.84. The Labute approximate surface area is 119 Å². The van der Waals surface area contributed by atoms with E-state index in [1.54, 1.807) is 13.2 Å². The number of benzene rings is 1. The summed E-state index contributed by atoms with van der Waals surface area (Å²) in [7, 11) is 1.55. The number of carbonyl (C=O) groups excluding carboxylic acids is 1. The third kappa shape index (κ3) is 3.21. The van der Waals surface area contributed by atoms with Crippen molar-refractivity contribution in [1.29, 1.82) is 0 Å². The Balaban J connectivity index is 2.14. The molecule has 0 unspecified atom stereocenters. The number of rotatable bonds is 4. The molecule has 0 aliphatic heterocycles. The summed E-state index contributed by atoms with van der Waals surface area (Å²) < 4.78 is 10.7. The first kappa shape index (κ1) is 13.8. The molecule has 0 atom stereocenters. The van der Waals surface area contributed by atoms with Crippen LogP contribution >= 0.6 is 15.9 Å². The van der Waals surface area contributed by atoms with Crippen molar-refractivity contribution in [2.24, 2.45) is 0 Å². The van der Waals surface area contributed by atoms with E-state index in [-0.39, 0.29) is 18.2 Å². The topological polar surface area (TPSA) is 64.4 Å². The Morgan fingerprint density at radius 1 is 1.53 bits per heavy atom. The van der Waals surface area contributed by atoms with Crippen LogP contribution in [-0.2, 0) is 11.3 Å². The monoisotopic (exact) mass is 324 g/mol. The molecule has 6 heteroatoms. The zero-order valence-electron chi connectivity index (χ0n) is 10.6. The SMILES string of the molecule is COCc1cc(C(=O)Nc2cccc(C)c2Br)no1. The molecule has 0 saturated carbocycles. The van der Waals surface area contributed by atoms with E-state index in [1.807, 2.05) is 25.1 Å². The number of nitrogens with zero attached hydrogens (tertiary/aromatic N) is 1. The molecule has 100 valence electrons. The second-order valence-corrected chi connectivity index (χ2v) is 4.80. The minimum absolute atomic E-state index is 0.223. The van der Waals surface area contributed by atoms with Crippen LogP contribution in [0.1, 0.15) is 21.8 Å². The second kappa shape index (κ2) is 5.99. The molecule has 1 heterocycles. The van der Waals surface area contributed by atoms with Gasteiger partial charge in [0.2, 0.25) is 0 Å². The first-order chi connectivity index (χ1) is 9.11. The number of methoxy groups -OCH3 is 1. The number of anilines is 1. The lowest BCUT2D eigenvalue weighted by Crippen LogP contribution is -2.12. The van der Waals surface area contributed by atoms with Gasteiger partial charge in [-0.15, -0.1) is 0 Å². The maximum atomic E-state index is 12.0. The van der Waals surface area contributed by atoms with Crippen LogP contribution in [0.2, 0.25) is 0 Å². The fourth-order valence-corrected chi connectivity index (χ4v) is 1.92. The number of aromatic nitrogens is 1. The Morgan fingerprint density at radius 3 is 3.05 bits per heavy atom. The van der Waals surface area contributed by atoms with Gasteiger partial charge in [0.05, 0.1) is 5.69 Å². The van der Waals surface area contributed by atoms with Gasteiger partial charge in [0.1, 0.15) is 6.61 Å². The van der Waals surface area contributed by atoms with Crippen LogP contribution in [0, 0.1) is 6.92 Å². The molecule has 0 aliphatic carbocycles. The summed E-state index contributed by atoms with van der Waals surface area (Å²) in [6, 6.07) is 7.19. The van der Waals surface area contributed by atoms with Crippen LogP contribution < -0.4 is 5.32 Å². The number of ether oxygens (including phenoxy) is 1. The first-order valence-corrected chi connectivity index (χ1v) is 6.42. The Hall–Kier alpha value is -1.66. The quantitative estimate of drug-likeness (QED) is 0.938. The molecule has 2 rings (SSSR count). The highest BCUT2D eigenvalue weighted by Gasteiger charge is 2.14. The number of amides is 1. The molecule has 19 heavy (non-hydrogen) atoms. The molecule has 0 radical (unpaired) electrons. The number of hydrogen-bond acceptors (Lipinski definition) is 4. The fraction of sp³-hybridized carbons (Fsp3) is 0.231. The standard InChI is InChI=1S/C13H13BrN2O3/c1-8-4-3-5-10(12(8)14)15-13(17)11-6-9(7-18-2)19-16-11/h3-6H,7H2,1-2H3,(H,15,17). The van der Waals surface area contributed by atoms with Gasteiger partial charge >= 0.3 is 0 Å². The van der Waals surface area contributed by atoms with Crippen molar-refractivity contribution in [2.75, 3.05) is 12.4 Å². The van der Waals surface area contributed by atoms with Gasteiger partial charge in [-0.05, 0) is 34.5 Å². The molecule has 2 aromatic rings. The predicted molar refractivity (Wildman–Crippen MR) is 74.0 cm³/mol. The Bertz CT molecular complexity index is 595. The van der Waals surface area contributed by atoms with Crippen LogP contribution in [0.4, 0.5) is 5.69 Å². The molecule has 1 aromatic heterocycles. The molecular weight excluding hydrogens is 312 g/mol. The molecule has 0 spiro atoms. The number of carbonyl (C=O) groups is 1. The zero-order chi connectivity index (χ0) is 13.8. The van der Waals surface area contributed by atoms with E-state index in [4.69, 9.17) is 9.26 Å². The summed E-state index contributed by atoms with van der Waals surface area (Å²) in [5.74, 6) is 0.188. The Morgan fingerprint density at radius 2 is 2.32 bits per heavy atom. The summed E-state index contributed by atoms with van der Waals surface area (Å²) in [5.41, 5.74) is 1.96. The molecular formula is C13H13BrN2O3. The largest absolute Gasteiger partial charge is 0.377 e. The second-order valence-electron chi connectivity index (χ2n) is 4.00. The van der Waals surface area contributed by atoms with Crippen LogP contribution in [0.15, 0.2) is 33.3 Å². The number of aryl methyl sites for hydroxylation is 1. The van der Waals surface area contributed by atoms with E-state index in [2.05, 4.69) is 26.4 Å². The van der Waals surface area contributed by atoms with E-state index in [9.17, 15) is 4.79 Å². The number of hydrogen-bond donors (Lipinski definition) is 1. The molecule has 0 saturated heterocycles. The van der Waals surface area contributed by atoms with Gasteiger partial charge in [0.25, 0.3) is 5.91 Å². The third-order valence-electron chi connectivity index (χ3n) is 2.52. The summed E-state index contributed by atoms with van der Waals surface area (Å²) in [5, 5.41) is 6.47. The fourth-order valence-electron chi connectivity index (χ4n) is 1.56. The van der Waals surface area contributed by atoms with Crippen molar-refractivity contribution in [3.05, 3.63) is 45.8 Å². The van der Waals surface area contributed by atoms with Crippen molar-refractivity contribution >= 4 is 27.5 Å². The molecule has 0 bridgehead atoms. The van der Waals surface area contributed by atoms with Gasteiger partial charge in [-0.2, -0.15) is 0 Å². The summed E-state index contributed by atoms with van der Waals surface area (Å²) >= 11 is 3.43. The normalized spacial score (nSPS) is 10.5. The third-order valence-corrected chi connectivity index (χ3v) is 3.57. The van der Waals surface area contributed by atoms with Crippen LogP contribution in [-0.4, -0.2) is 18.2 Å². The van der Waals surface area contributed by atoms with Gasteiger partial charge in [-0.3, -0.25) is 4.79 Å². The molecule has 1 aromatic carbocycles. The van der Waals surface area contributed by atoms with E-state index in [1.165, 1.54) is 0 Å². The number of nitrogens with one attached hydrogen (secondary N) is 1. The lowest BCUT2D eigenvalue weighted by molar-refractivity contribution is 0.101. The van der Waals surface area contributed by atoms with Gasteiger partial charge < -0.3 is 14.6 Å². The number of halogens is 1. The molecule has 1 N–H and O–H groups in total. The van der Waals surface area contributed by atoms with E-state index in [0.29, 0.717) is 11.4 Å². The molecule has 5 nitrogen and oxygen atoms in total. The lowest BCUT2D eigenvalue weighted by Gasteiger charge is -2.07. The highest BCUT2D eigenvalue weighted by atomic mass is 79.9. The van der Waals surface area contributed by atoms with E-state index >= 15 is 0 Å². The van der Waals surface area contributed by atoms with Gasteiger partial charge in [0.15, 0.2) is 11.5 Å². The summed E-state index contributed by atoms with van der Waals surface area (Å²) in [6.07, 6.45) is 0. The molecule has 0 fully saturated rings. The minimum atomic E-state index is -0.322. The highest BCUT2D eigenvalue weighted by Crippen LogP contribution is 2.26. The van der Waals surface area contributed by atoms with E-state index in [0.717, 1.165) is 10.0 Å². The van der Waals surface area contributed by atoms with Crippen molar-refractivity contribution in [3.8, 4) is 0 Å². The van der Waals surface area contributed by atoms with Crippen molar-refractivity contribution in [3.63, 3.8) is 0 Å². The van der Waals surface area contributed by atoms with Gasteiger partial charge in [0, 0.05) is 17.6 Å². The first-order valence-electron chi connectivity index (χ1n) is 5.63. The van der Waals surface area contributed by atoms with Crippen molar-refractivity contribution in [2.45, 2.75) is 13.5 Å².